The van der Waals surface area contributed by atoms with Gasteiger partial charge in [0.2, 0.25) is 0 Å². The molecule has 1 fully saturated rings. The highest BCUT2D eigenvalue weighted by Crippen LogP contribution is 2.49. The molecule has 0 aliphatic heterocycles. The predicted octanol–water partition coefficient (Wildman–Crippen LogP) is 8.41. The molecule has 2 unspecified atom stereocenters. The Kier molecular flexibility index (Phi) is 9.00. The van der Waals surface area contributed by atoms with Crippen LogP contribution in [-0.4, -0.2) is 23.5 Å². The highest BCUT2D eigenvalue weighted by molar-refractivity contribution is 5.43. The van der Waals surface area contributed by atoms with Gasteiger partial charge in [0.25, 0.3) is 0 Å². The first-order valence-electron chi connectivity index (χ1n) is 12.8. The summed E-state index contributed by atoms with van der Waals surface area (Å²) in [5.74, 6) is -0.181. The van der Waals surface area contributed by atoms with Crippen LogP contribution in [0.2, 0.25) is 0 Å². The fourth-order valence-electron chi connectivity index (χ4n) is 5.49. The molecule has 2 aromatic carbocycles. The maximum absolute atomic E-state index is 13.7. The quantitative estimate of drug-likeness (QED) is 0.292. The van der Waals surface area contributed by atoms with Crippen LogP contribution < -0.4 is 0 Å². The molecule has 0 heterocycles. The molecule has 0 bridgehead atoms. The monoisotopic (exact) mass is 524 g/mol. The van der Waals surface area contributed by atoms with Gasteiger partial charge in [-0.2, -0.15) is 31.6 Å². The minimum atomic E-state index is -5.18. The maximum Gasteiger partial charge on any atom is 0.417 e. The summed E-state index contributed by atoms with van der Waals surface area (Å²) in [5, 5.41) is 10.3. The Labute approximate surface area is 215 Å². The van der Waals surface area contributed by atoms with E-state index in [-0.39, 0.29) is 30.0 Å². The molecule has 0 spiro atoms. The minimum Gasteiger partial charge on any atom is -0.298 e. The van der Waals surface area contributed by atoms with E-state index in [2.05, 4.69) is 36.9 Å². The van der Waals surface area contributed by atoms with Gasteiger partial charge in [0.15, 0.2) is 0 Å². The third-order valence-electron chi connectivity index (χ3n) is 7.83. The Morgan fingerprint density at radius 3 is 2.03 bits per heavy atom. The molecule has 3 rings (SSSR count). The maximum atomic E-state index is 13.7. The zero-order chi connectivity index (χ0) is 27.4. The van der Waals surface area contributed by atoms with Gasteiger partial charge in [-0.05, 0) is 82.1 Å². The summed E-state index contributed by atoms with van der Waals surface area (Å²) in [6, 6.07) is 14.7. The van der Waals surface area contributed by atoms with Crippen molar-refractivity contribution in [2.24, 2.45) is 5.92 Å². The number of hydrogen-bond donors (Lipinski definition) is 0. The molecule has 2 nitrogen and oxygen atoms in total. The van der Waals surface area contributed by atoms with Crippen LogP contribution in [0, 0.1) is 17.2 Å². The zero-order valence-corrected chi connectivity index (χ0v) is 21.5. The second kappa shape index (κ2) is 11.5. The molecule has 1 aliphatic rings. The summed E-state index contributed by atoms with van der Waals surface area (Å²) in [7, 11) is 0. The summed E-state index contributed by atoms with van der Waals surface area (Å²) in [6.45, 7) is 6.99. The standard InChI is InChI=1S/C29H34F6N2/c1-20(2)37(17-15-22-8-5-4-6-9-22)21(3)14-16-27(19-36,23-10-7-11-23)24-12-13-25(28(30,31)32)26(18-24)29(33,34)35/h4-6,8-9,12-13,18,20-21,23H,7,10-11,14-17H2,1-3H3. The molecule has 0 radical (unpaired) electrons. The highest BCUT2D eigenvalue weighted by atomic mass is 19.4. The van der Waals surface area contributed by atoms with Crippen molar-refractivity contribution in [2.45, 2.75) is 89.1 Å². The molecule has 0 N–H and O–H groups in total. The number of nitrogens with zero attached hydrogens (tertiary/aromatic N) is 2. The number of rotatable bonds is 10. The second-order valence-electron chi connectivity index (χ2n) is 10.4. The topological polar surface area (TPSA) is 27.0 Å². The number of nitriles is 1. The van der Waals surface area contributed by atoms with E-state index in [1.54, 1.807) is 0 Å². The largest absolute Gasteiger partial charge is 0.417 e. The van der Waals surface area contributed by atoms with E-state index >= 15 is 0 Å². The molecule has 2 aromatic rings. The predicted molar refractivity (Wildman–Crippen MR) is 132 cm³/mol. The van der Waals surface area contributed by atoms with Gasteiger partial charge in [-0.1, -0.05) is 42.8 Å². The molecule has 1 aliphatic carbocycles. The molecule has 1 saturated carbocycles. The number of halogens is 6. The number of alkyl halides is 6. The van der Waals surface area contributed by atoms with Crippen molar-refractivity contribution in [1.29, 1.82) is 5.26 Å². The van der Waals surface area contributed by atoms with Gasteiger partial charge in [0.05, 0.1) is 22.6 Å². The molecule has 202 valence electrons. The fraction of sp³-hybridized carbons (Fsp3) is 0.552. The van der Waals surface area contributed by atoms with Crippen molar-refractivity contribution in [2.75, 3.05) is 6.54 Å². The Balaban J connectivity index is 1.89. The normalized spacial score (nSPS) is 17.4. The van der Waals surface area contributed by atoms with Crippen molar-refractivity contribution >= 4 is 0 Å². The average molecular weight is 525 g/mol. The first-order valence-corrected chi connectivity index (χ1v) is 12.8. The van der Waals surface area contributed by atoms with E-state index in [0.717, 1.165) is 25.5 Å². The van der Waals surface area contributed by atoms with E-state index in [1.165, 1.54) is 5.56 Å². The summed E-state index contributed by atoms with van der Waals surface area (Å²) in [4.78, 5) is 2.31. The Bertz CT molecular complexity index is 1070. The van der Waals surface area contributed by atoms with E-state index in [9.17, 15) is 31.6 Å². The van der Waals surface area contributed by atoms with Crippen LogP contribution in [0.3, 0.4) is 0 Å². The van der Waals surface area contributed by atoms with Gasteiger partial charge in [0, 0.05) is 18.6 Å². The SMILES string of the molecule is CC(C)N(CCc1ccccc1)C(C)CCC(C#N)(c1ccc(C(F)(F)F)c(C(F)(F)F)c1)C1CCC1. The van der Waals surface area contributed by atoms with Crippen molar-refractivity contribution < 1.29 is 26.3 Å². The first-order chi connectivity index (χ1) is 17.3. The molecule has 0 amide bonds. The zero-order valence-electron chi connectivity index (χ0n) is 21.5. The molecule has 8 heteroatoms. The van der Waals surface area contributed by atoms with Crippen LogP contribution in [0.25, 0.3) is 0 Å². The second-order valence-corrected chi connectivity index (χ2v) is 10.4. The molecule has 2 atom stereocenters. The average Bonchev–Trinajstić information content (AvgIpc) is 2.79. The van der Waals surface area contributed by atoms with Crippen LogP contribution in [0.1, 0.15) is 75.1 Å². The molecular weight excluding hydrogens is 490 g/mol. The van der Waals surface area contributed by atoms with Crippen LogP contribution in [0.15, 0.2) is 48.5 Å². The minimum absolute atomic E-state index is 0.0348. The summed E-state index contributed by atoms with van der Waals surface area (Å²) in [6.07, 6.45) is -6.46. The Morgan fingerprint density at radius 2 is 1.54 bits per heavy atom. The van der Waals surface area contributed by atoms with Gasteiger partial charge < -0.3 is 0 Å². The third kappa shape index (κ3) is 6.67. The van der Waals surface area contributed by atoms with E-state index < -0.39 is 28.9 Å². The lowest BCUT2D eigenvalue weighted by Crippen LogP contribution is -2.43. The summed E-state index contributed by atoms with van der Waals surface area (Å²) in [5.41, 5.74) is -3.47. The smallest absolute Gasteiger partial charge is 0.298 e. The van der Waals surface area contributed by atoms with Gasteiger partial charge >= 0.3 is 12.4 Å². The van der Waals surface area contributed by atoms with Crippen molar-refractivity contribution in [3.05, 3.63) is 70.8 Å². The molecule has 0 saturated heterocycles. The van der Waals surface area contributed by atoms with Crippen LogP contribution >= 0.6 is 0 Å². The number of hydrogen-bond acceptors (Lipinski definition) is 2. The van der Waals surface area contributed by atoms with Crippen molar-refractivity contribution in [3.63, 3.8) is 0 Å². The lowest BCUT2D eigenvalue weighted by atomic mass is 9.60. The van der Waals surface area contributed by atoms with Crippen LogP contribution in [-0.2, 0) is 24.2 Å². The van der Waals surface area contributed by atoms with Crippen LogP contribution in [0.5, 0.6) is 0 Å². The molecule has 0 aromatic heterocycles. The van der Waals surface area contributed by atoms with Gasteiger partial charge in [-0.3, -0.25) is 4.90 Å². The van der Waals surface area contributed by atoms with Crippen molar-refractivity contribution in [1.82, 2.24) is 4.90 Å². The summed E-state index contributed by atoms with van der Waals surface area (Å²) >= 11 is 0. The van der Waals surface area contributed by atoms with Gasteiger partial charge in [-0.25, -0.2) is 0 Å². The first kappa shape index (κ1) is 29.0. The summed E-state index contributed by atoms with van der Waals surface area (Å²) < 4.78 is 81.2. The van der Waals surface area contributed by atoms with Gasteiger partial charge in [0.1, 0.15) is 0 Å². The molecule has 37 heavy (non-hydrogen) atoms. The third-order valence-corrected chi connectivity index (χ3v) is 7.83. The Hall–Kier alpha value is -2.53. The Morgan fingerprint density at radius 1 is 0.919 bits per heavy atom. The van der Waals surface area contributed by atoms with Crippen molar-refractivity contribution in [3.8, 4) is 6.07 Å². The lowest BCUT2D eigenvalue weighted by molar-refractivity contribution is -0.162. The van der Waals surface area contributed by atoms with E-state index in [0.29, 0.717) is 31.4 Å². The van der Waals surface area contributed by atoms with Gasteiger partial charge in [-0.15, -0.1) is 0 Å². The fourth-order valence-corrected chi connectivity index (χ4v) is 5.49. The van der Waals surface area contributed by atoms with Crippen LogP contribution in [0.4, 0.5) is 26.3 Å². The van der Waals surface area contributed by atoms with E-state index in [1.807, 2.05) is 25.1 Å². The lowest BCUT2D eigenvalue weighted by Gasteiger charge is -2.43. The molecular formula is C29H34F6N2. The van der Waals surface area contributed by atoms with E-state index in [4.69, 9.17) is 0 Å². The number of benzene rings is 2. The highest BCUT2D eigenvalue weighted by Gasteiger charge is 2.48.